The van der Waals surface area contributed by atoms with Crippen molar-refractivity contribution in [3.8, 4) is 5.75 Å². The minimum Gasteiger partial charge on any atom is -0.497 e. The maximum Gasteiger partial charge on any atom is 0.118 e. The van der Waals surface area contributed by atoms with Crippen LogP contribution < -0.4 is 4.74 Å². The monoisotopic (exact) mass is 295 g/mol. The van der Waals surface area contributed by atoms with Gasteiger partial charge < -0.3 is 20.2 Å². The molecule has 0 aliphatic heterocycles. The summed E-state index contributed by atoms with van der Waals surface area (Å²) in [5, 5.41) is 11.1. The van der Waals surface area contributed by atoms with Gasteiger partial charge in [0.1, 0.15) is 5.75 Å². The van der Waals surface area contributed by atoms with Crippen LogP contribution >= 0.6 is 0 Å². The molecule has 0 saturated heterocycles. The quantitative estimate of drug-likeness (QED) is 0.906. The lowest BCUT2D eigenvalue weighted by atomic mass is 9.72. The number of benzene rings is 1. The minimum atomic E-state index is -0.558. The Balaban J connectivity index is 0.00000220. The first kappa shape index (κ1) is 18.0. The molecule has 0 radical (unpaired) electrons. The van der Waals surface area contributed by atoms with Crippen molar-refractivity contribution in [1.29, 1.82) is 0 Å². The van der Waals surface area contributed by atoms with E-state index in [0.717, 1.165) is 38.0 Å². The van der Waals surface area contributed by atoms with Crippen LogP contribution in [0.15, 0.2) is 24.3 Å². The molecule has 1 aromatic rings. The zero-order chi connectivity index (χ0) is 14.6. The molecular formula is C17H29NO3. The fourth-order valence-corrected chi connectivity index (χ4v) is 3.30. The van der Waals surface area contributed by atoms with E-state index in [0.29, 0.717) is 0 Å². The molecule has 21 heavy (non-hydrogen) atoms. The molecule has 2 rings (SSSR count). The van der Waals surface area contributed by atoms with E-state index >= 15 is 0 Å². The van der Waals surface area contributed by atoms with E-state index in [-0.39, 0.29) is 11.4 Å². The van der Waals surface area contributed by atoms with E-state index in [4.69, 9.17) is 4.74 Å². The molecule has 1 aliphatic rings. The van der Waals surface area contributed by atoms with Crippen molar-refractivity contribution in [3.05, 3.63) is 29.8 Å². The number of methoxy groups -OCH3 is 1. The lowest BCUT2D eigenvalue weighted by Crippen LogP contribution is -2.42. The SMILES string of the molecule is COc1ccc(C(CN(C)C)C2(O)CCCCC2)cc1.O. The molecule has 1 fully saturated rings. The van der Waals surface area contributed by atoms with Crippen LogP contribution in [0.3, 0.4) is 0 Å². The maximum absolute atomic E-state index is 11.1. The number of rotatable bonds is 5. The van der Waals surface area contributed by atoms with E-state index in [1.165, 1.54) is 12.0 Å². The average molecular weight is 295 g/mol. The molecule has 0 heterocycles. The highest BCUT2D eigenvalue weighted by Crippen LogP contribution is 2.40. The predicted octanol–water partition coefficient (Wildman–Crippen LogP) is 2.21. The molecule has 1 saturated carbocycles. The fraction of sp³-hybridized carbons (Fsp3) is 0.647. The summed E-state index contributed by atoms with van der Waals surface area (Å²) in [6.07, 6.45) is 5.35. The summed E-state index contributed by atoms with van der Waals surface area (Å²) >= 11 is 0. The highest BCUT2D eigenvalue weighted by Gasteiger charge is 2.38. The van der Waals surface area contributed by atoms with Crippen molar-refractivity contribution >= 4 is 0 Å². The van der Waals surface area contributed by atoms with Gasteiger partial charge in [-0.1, -0.05) is 31.4 Å². The van der Waals surface area contributed by atoms with E-state index in [1.54, 1.807) is 7.11 Å². The summed E-state index contributed by atoms with van der Waals surface area (Å²) in [5.74, 6) is 1.04. The van der Waals surface area contributed by atoms with E-state index in [1.807, 2.05) is 12.1 Å². The highest BCUT2D eigenvalue weighted by atomic mass is 16.5. The van der Waals surface area contributed by atoms with Gasteiger partial charge in [-0.2, -0.15) is 0 Å². The smallest absolute Gasteiger partial charge is 0.118 e. The summed E-state index contributed by atoms with van der Waals surface area (Å²) in [6, 6.07) is 8.17. The molecule has 0 amide bonds. The molecule has 1 aliphatic carbocycles. The largest absolute Gasteiger partial charge is 0.497 e. The van der Waals surface area contributed by atoms with E-state index < -0.39 is 5.60 Å². The normalized spacial score (nSPS) is 18.9. The van der Waals surface area contributed by atoms with Crippen molar-refractivity contribution in [2.24, 2.45) is 0 Å². The standard InChI is InChI=1S/C17H27NO2.H2O/c1-18(2)13-16(17(19)11-5-4-6-12-17)14-7-9-15(20-3)10-8-14;/h7-10,16,19H,4-6,11-13H2,1-3H3;1H2. The summed E-state index contributed by atoms with van der Waals surface area (Å²) in [6.45, 7) is 0.878. The Bertz CT molecular complexity index is 411. The van der Waals surface area contributed by atoms with Crippen LogP contribution in [-0.4, -0.2) is 48.8 Å². The molecule has 0 bridgehead atoms. The molecule has 1 aromatic carbocycles. The summed E-state index contributed by atoms with van der Waals surface area (Å²) < 4.78 is 5.23. The Labute approximate surface area is 128 Å². The van der Waals surface area contributed by atoms with Gasteiger partial charge in [0.25, 0.3) is 0 Å². The third-order valence-corrected chi connectivity index (χ3v) is 4.43. The summed E-state index contributed by atoms with van der Waals surface area (Å²) in [7, 11) is 5.83. The van der Waals surface area contributed by atoms with Crippen LogP contribution in [0.25, 0.3) is 0 Å². The molecular weight excluding hydrogens is 266 g/mol. The van der Waals surface area contributed by atoms with Gasteiger partial charge in [-0.05, 0) is 44.6 Å². The van der Waals surface area contributed by atoms with Crippen molar-refractivity contribution < 1.29 is 15.3 Å². The van der Waals surface area contributed by atoms with Gasteiger partial charge in [-0.3, -0.25) is 0 Å². The lowest BCUT2D eigenvalue weighted by Gasteiger charge is -2.40. The minimum absolute atomic E-state index is 0. The zero-order valence-electron chi connectivity index (χ0n) is 13.4. The van der Waals surface area contributed by atoms with Crippen LogP contribution in [-0.2, 0) is 0 Å². The van der Waals surface area contributed by atoms with E-state index in [2.05, 4.69) is 31.1 Å². The first-order chi connectivity index (χ1) is 9.55. The fourth-order valence-electron chi connectivity index (χ4n) is 3.30. The molecule has 120 valence electrons. The van der Waals surface area contributed by atoms with Gasteiger partial charge in [-0.25, -0.2) is 0 Å². The number of hydrogen-bond acceptors (Lipinski definition) is 3. The number of nitrogens with zero attached hydrogens (tertiary/aromatic N) is 1. The van der Waals surface area contributed by atoms with Gasteiger partial charge in [0.05, 0.1) is 12.7 Å². The van der Waals surface area contributed by atoms with E-state index in [9.17, 15) is 5.11 Å². The third kappa shape index (κ3) is 4.43. The third-order valence-electron chi connectivity index (χ3n) is 4.43. The van der Waals surface area contributed by atoms with Gasteiger partial charge in [0.15, 0.2) is 0 Å². The molecule has 0 spiro atoms. The Morgan fingerprint density at radius 3 is 2.19 bits per heavy atom. The van der Waals surface area contributed by atoms with Gasteiger partial charge in [-0.15, -0.1) is 0 Å². The second kappa shape index (κ2) is 7.78. The molecule has 0 aromatic heterocycles. The number of hydrogen-bond donors (Lipinski definition) is 1. The van der Waals surface area contributed by atoms with Crippen LogP contribution in [0.1, 0.15) is 43.6 Å². The van der Waals surface area contributed by atoms with Crippen LogP contribution in [0.5, 0.6) is 5.75 Å². The summed E-state index contributed by atoms with van der Waals surface area (Å²) in [4.78, 5) is 2.17. The maximum atomic E-state index is 11.1. The second-order valence-corrected chi connectivity index (χ2v) is 6.25. The molecule has 3 N–H and O–H groups in total. The zero-order valence-corrected chi connectivity index (χ0v) is 13.4. The first-order valence-corrected chi connectivity index (χ1v) is 7.56. The first-order valence-electron chi connectivity index (χ1n) is 7.56. The highest BCUT2D eigenvalue weighted by molar-refractivity contribution is 5.31. The van der Waals surface area contributed by atoms with Crippen molar-refractivity contribution in [2.45, 2.75) is 43.6 Å². The Morgan fingerprint density at radius 1 is 1.14 bits per heavy atom. The van der Waals surface area contributed by atoms with Crippen LogP contribution in [0, 0.1) is 0 Å². The van der Waals surface area contributed by atoms with Crippen molar-refractivity contribution in [3.63, 3.8) is 0 Å². The summed E-state index contributed by atoms with van der Waals surface area (Å²) in [5.41, 5.74) is 0.654. The van der Waals surface area contributed by atoms with Gasteiger partial charge in [0.2, 0.25) is 0 Å². The molecule has 4 nitrogen and oxygen atoms in total. The number of aliphatic hydroxyl groups is 1. The molecule has 1 atom stereocenters. The van der Waals surface area contributed by atoms with Crippen LogP contribution in [0.4, 0.5) is 0 Å². The van der Waals surface area contributed by atoms with Crippen LogP contribution in [0.2, 0.25) is 0 Å². The lowest BCUT2D eigenvalue weighted by molar-refractivity contribution is -0.0277. The van der Waals surface area contributed by atoms with Crippen molar-refractivity contribution in [2.75, 3.05) is 27.7 Å². The number of ether oxygens (including phenoxy) is 1. The number of likely N-dealkylation sites (N-methyl/N-ethyl adjacent to an activating group) is 1. The van der Waals surface area contributed by atoms with Crippen molar-refractivity contribution in [1.82, 2.24) is 4.90 Å². The molecule has 4 heteroatoms. The average Bonchev–Trinajstić information content (AvgIpc) is 2.45. The molecule has 1 unspecified atom stereocenters. The van der Waals surface area contributed by atoms with Gasteiger partial charge in [0, 0.05) is 12.5 Å². The second-order valence-electron chi connectivity index (χ2n) is 6.25. The Morgan fingerprint density at radius 2 is 1.71 bits per heavy atom. The van der Waals surface area contributed by atoms with Gasteiger partial charge >= 0.3 is 0 Å². The Hall–Kier alpha value is -1.10. The predicted molar refractivity (Wildman–Crippen MR) is 85.9 cm³/mol. The topological polar surface area (TPSA) is 64.2 Å². The Kier molecular flexibility index (Phi) is 6.65.